The van der Waals surface area contributed by atoms with Gasteiger partial charge in [-0.15, -0.1) is 0 Å². The molecule has 160 valence electrons. The number of aryl methyl sites for hydroxylation is 1. The molecule has 0 saturated carbocycles. The normalized spacial score (nSPS) is 25.9. The molecule has 0 spiro atoms. The molecular weight excluding hydrogens is 384 g/mol. The molecule has 2 aromatic carbocycles. The zero-order valence-electron chi connectivity index (χ0n) is 17.1. The van der Waals surface area contributed by atoms with Crippen LogP contribution < -0.4 is 9.47 Å². The first-order chi connectivity index (χ1) is 14.5. The van der Waals surface area contributed by atoms with Crippen LogP contribution >= 0.6 is 0 Å². The summed E-state index contributed by atoms with van der Waals surface area (Å²) in [4.78, 5) is 0. The lowest BCUT2D eigenvalue weighted by atomic mass is 9.87. The average Bonchev–Trinajstić information content (AvgIpc) is 2.77. The maximum atomic E-state index is 10.3. The number of hydrogen-bond donors (Lipinski definition) is 3. The van der Waals surface area contributed by atoms with Crippen molar-refractivity contribution in [3.63, 3.8) is 0 Å². The van der Waals surface area contributed by atoms with E-state index in [9.17, 15) is 15.3 Å². The number of rotatable bonds is 5. The fraction of sp³-hybridized carbons (Fsp3) is 0.417. The van der Waals surface area contributed by atoms with E-state index in [-0.39, 0.29) is 6.61 Å². The Morgan fingerprint density at radius 3 is 2.50 bits per heavy atom. The highest BCUT2D eigenvalue weighted by atomic mass is 16.6. The molecular formula is C24H28O6. The molecule has 3 N–H and O–H groups in total. The van der Waals surface area contributed by atoms with Gasteiger partial charge in [-0.25, -0.2) is 0 Å². The first-order valence-electron chi connectivity index (χ1n) is 10.3. The van der Waals surface area contributed by atoms with Crippen LogP contribution in [0.2, 0.25) is 0 Å². The van der Waals surface area contributed by atoms with Crippen LogP contribution in [-0.4, -0.2) is 53.5 Å². The lowest BCUT2D eigenvalue weighted by Crippen LogP contribution is -2.48. The van der Waals surface area contributed by atoms with Crippen molar-refractivity contribution in [2.75, 3.05) is 19.8 Å². The summed E-state index contributed by atoms with van der Waals surface area (Å²) < 4.78 is 17.2. The van der Waals surface area contributed by atoms with Gasteiger partial charge >= 0.3 is 0 Å². The molecule has 1 saturated heterocycles. The largest absolute Gasteiger partial charge is 0.486 e. The van der Waals surface area contributed by atoms with Gasteiger partial charge < -0.3 is 29.5 Å². The molecule has 2 aliphatic heterocycles. The van der Waals surface area contributed by atoms with Crippen molar-refractivity contribution in [3.8, 4) is 11.5 Å². The minimum absolute atomic E-state index is 0.376. The van der Waals surface area contributed by atoms with Crippen LogP contribution in [0.1, 0.15) is 35.3 Å². The van der Waals surface area contributed by atoms with Crippen LogP contribution in [0.5, 0.6) is 11.5 Å². The van der Waals surface area contributed by atoms with Gasteiger partial charge in [0.15, 0.2) is 11.5 Å². The van der Waals surface area contributed by atoms with Crippen molar-refractivity contribution in [2.45, 2.75) is 44.2 Å². The molecule has 4 rings (SSSR count). The SMILES string of the molecule is C=C1C(c2ccc(CC)c(Cc3ccc4c(c3)OCCO4)c2)OC(CO)C(O)C1O. The zero-order valence-corrected chi connectivity index (χ0v) is 17.1. The van der Waals surface area contributed by atoms with Crippen LogP contribution in [-0.2, 0) is 17.6 Å². The Hall–Kier alpha value is -2.38. The average molecular weight is 412 g/mol. The Morgan fingerprint density at radius 2 is 1.77 bits per heavy atom. The third-order valence-corrected chi connectivity index (χ3v) is 5.83. The maximum absolute atomic E-state index is 10.3. The van der Waals surface area contributed by atoms with E-state index in [1.165, 1.54) is 5.56 Å². The molecule has 6 heteroatoms. The summed E-state index contributed by atoms with van der Waals surface area (Å²) in [5.41, 5.74) is 4.70. The van der Waals surface area contributed by atoms with Crippen LogP contribution in [0.3, 0.4) is 0 Å². The third kappa shape index (κ3) is 3.96. The summed E-state index contributed by atoms with van der Waals surface area (Å²) in [6.07, 6.45) is -2.19. The van der Waals surface area contributed by atoms with Gasteiger partial charge in [-0.05, 0) is 52.8 Å². The zero-order chi connectivity index (χ0) is 21.3. The van der Waals surface area contributed by atoms with E-state index >= 15 is 0 Å². The van der Waals surface area contributed by atoms with Gasteiger partial charge in [0.25, 0.3) is 0 Å². The number of aliphatic hydroxyl groups is 3. The van der Waals surface area contributed by atoms with Crippen molar-refractivity contribution in [3.05, 3.63) is 70.8 Å². The van der Waals surface area contributed by atoms with Gasteiger partial charge in [0, 0.05) is 0 Å². The second-order valence-corrected chi connectivity index (χ2v) is 7.78. The summed E-state index contributed by atoms with van der Waals surface area (Å²) in [6, 6.07) is 12.1. The molecule has 6 nitrogen and oxygen atoms in total. The Bertz CT molecular complexity index is 924. The van der Waals surface area contributed by atoms with Gasteiger partial charge in [0.1, 0.15) is 37.6 Å². The summed E-state index contributed by atoms with van der Waals surface area (Å²) >= 11 is 0. The highest BCUT2D eigenvalue weighted by molar-refractivity contribution is 5.46. The van der Waals surface area contributed by atoms with Crippen molar-refractivity contribution in [1.82, 2.24) is 0 Å². The Morgan fingerprint density at radius 1 is 1.00 bits per heavy atom. The van der Waals surface area contributed by atoms with Gasteiger partial charge in [-0.1, -0.05) is 37.8 Å². The third-order valence-electron chi connectivity index (χ3n) is 5.83. The lowest BCUT2D eigenvalue weighted by Gasteiger charge is -2.38. The Labute approximate surface area is 176 Å². The maximum Gasteiger partial charge on any atom is 0.161 e. The number of hydrogen-bond acceptors (Lipinski definition) is 6. The monoisotopic (exact) mass is 412 g/mol. The van der Waals surface area contributed by atoms with E-state index in [4.69, 9.17) is 14.2 Å². The number of fused-ring (bicyclic) bond motifs is 1. The predicted octanol–water partition coefficient (Wildman–Crippen LogP) is 2.32. The summed E-state index contributed by atoms with van der Waals surface area (Å²) in [6.45, 7) is 6.78. The molecule has 30 heavy (non-hydrogen) atoms. The van der Waals surface area contributed by atoms with Crippen molar-refractivity contribution < 1.29 is 29.5 Å². The van der Waals surface area contributed by atoms with E-state index in [1.807, 2.05) is 24.3 Å². The van der Waals surface area contributed by atoms with Crippen LogP contribution in [0, 0.1) is 0 Å². The molecule has 1 fully saturated rings. The molecule has 2 heterocycles. The summed E-state index contributed by atoms with van der Waals surface area (Å²) in [5, 5.41) is 29.9. The lowest BCUT2D eigenvalue weighted by molar-refractivity contribution is -0.151. The first kappa shape index (κ1) is 20.9. The van der Waals surface area contributed by atoms with E-state index in [2.05, 4.69) is 25.6 Å². The van der Waals surface area contributed by atoms with Gasteiger partial charge in [0.05, 0.1) is 6.61 Å². The van der Waals surface area contributed by atoms with E-state index in [0.717, 1.165) is 34.6 Å². The Balaban J connectivity index is 1.63. The number of benzene rings is 2. The predicted molar refractivity (Wildman–Crippen MR) is 112 cm³/mol. The smallest absolute Gasteiger partial charge is 0.161 e. The summed E-state index contributed by atoms with van der Waals surface area (Å²) in [7, 11) is 0. The van der Waals surface area contributed by atoms with Gasteiger partial charge in [-0.2, -0.15) is 0 Å². The summed E-state index contributed by atoms with van der Waals surface area (Å²) in [5.74, 6) is 1.53. The molecule has 4 atom stereocenters. The Kier molecular flexibility index (Phi) is 6.11. The van der Waals surface area contributed by atoms with Gasteiger partial charge in [0.2, 0.25) is 0 Å². The van der Waals surface area contributed by atoms with E-state index in [1.54, 1.807) is 0 Å². The second kappa shape index (κ2) is 8.78. The molecule has 0 radical (unpaired) electrons. The standard InChI is InChI=1S/C24H28O6/c1-3-16-5-6-17(24-14(2)22(26)23(27)21(13-25)30-24)12-18(16)10-15-4-7-19-20(11-15)29-9-8-28-19/h4-7,11-12,21-27H,2-3,8-10,13H2,1H3. The quantitative estimate of drug-likeness (QED) is 0.654. The van der Waals surface area contributed by atoms with Crippen molar-refractivity contribution >= 4 is 0 Å². The van der Waals surface area contributed by atoms with Crippen LogP contribution in [0.15, 0.2) is 48.6 Å². The molecule has 0 aliphatic carbocycles. The number of ether oxygens (including phenoxy) is 3. The molecule has 2 aromatic rings. The van der Waals surface area contributed by atoms with Gasteiger partial charge in [-0.3, -0.25) is 0 Å². The van der Waals surface area contributed by atoms with E-state index < -0.39 is 24.4 Å². The highest BCUT2D eigenvalue weighted by Crippen LogP contribution is 2.37. The van der Waals surface area contributed by atoms with Crippen molar-refractivity contribution in [1.29, 1.82) is 0 Å². The molecule has 0 amide bonds. The first-order valence-corrected chi connectivity index (χ1v) is 10.3. The topological polar surface area (TPSA) is 88.4 Å². The minimum atomic E-state index is -1.19. The fourth-order valence-electron chi connectivity index (χ4n) is 4.10. The van der Waals surface area contributed by atoms with Crippen LogP contribution in [0.4, 0.5) is 0 Å². The molecule has 4 unspecified atom stereocenters. The van der Waals surface area contributed by atoms with E-state index in [0.29, 0.717) is 25.2 Å². The molecule has 2 aliphatic rings. The number of aliphatic hydroxyl groups excluding tert-OH is 3. The second-order valence-electron chi connectivity index (χ2n) is 7.78. The van der Waals surface area contributed by atoms with Crippen LogP contribution in [0.25, 0.3) is 0 Å². The molecule has 0 bridgehead atoms. The highest BCUT2D eigenvalue weighted by Gasteiger charge is 2.39. The minimum Gasteiger partial charge on any atom is -0.486 e. The van der Waals surface area contributed by atoms with Crippen molar-refractivity contribution in [2.24, 2.45) is 0 Å². The fourth-order valence-corrected chi connectivity index (χ4v) is 4.10. The molecule has 0 aromatic heterocycles.